The Morgan fingerprint density at radius 3 is 2.71 bits per heavy atom. The number of anilines is 1. The van der Waals surface area contributed by atoms with Crippen LogP contribution in [-0.2, 0) is 6.54 Å². The fraction of sp³-hybridized carbons (Fsp3) is 0.750. The van der Waals surface area contributed by atoms with E-state index in [9.17, 15) is 0 Å². The van der Waals surface area contributed by atoms with Crippen LogP contribution < -0.4 is 11.1 Å². The van der Waals surface area contributed by atoms with Crippen molar-refractivity contribution in [2.45, 2.75) is 33.2 Å². The SMILES string of the molecule is CCN(CC)CCCCNc1nc(CN)cs1. The summed E-state index contributed by atoms with van der Waals surface area (Å²) in [6, 6.07) is 0. The molecule has 0 aliphatic carbocycles. The van der Waals surface area contributed by atoms with Crippen molar-refractivity contribution in [2.24, 2.45) is 5.73 Å². The fourth-order valence-corrected chi connectivity index (χ4v) is 2.43. The molecule has 0 atom stereocenters. The third kappa shape index (κ3) is 5.48. The molecule has 1 aromatic heterocycles. The number of nitrogens with two attached hydrogens (primary N) is 1. The van der Waals surface area contributed by atoms with Gasteiger partial charge in [0.2, 0.25) is 0 Å². The molecule has 98 valence electrons. The number of nitrogens with one attached hydrogen (secondary N) is 1. The molecule has 1 rings (SSSR count). The molecule has 5 heteroatoms. The van der Waals surface area contributed by atoms with E-state index in [1.807, 2.05) is 5.38 Å². The highest BCUT2D eigenvalue weighted by Crippen LogP contribution is 2.14. The van der Waals surface area contributed by atoms with Gasteiger partial charge >= 0.3 is 0 Å². The Morgan fingerprint density at radius 1 is 1.35 bits per heavy atom. The molecule has 0 unspecified atom stereocenters. The summed E-state index contributed by atoms with van der Waals surface area (Å²) in [5.74, 6) is 0. The van der Waals surface area contributed by atoms with Crippen molar-refractivity contribution in [3.63, 3.8) is 0 Å². The van der Waals surface area contributed by atoms with Crippen molar-refractivity contribution >= 4 is 16.5 Å². The summed E-state index contributed by atoms with van der Waals surface area (Å²) in [4.78, 5) is 6.82. The van der Waals surface area contributed by atoms with Crippen LogP contribution in [0.1, 0.15) is 32.4 Å². The highest BCUT2D eigenvalue weighted by atomic mass is 32.1. The zero-order chi connectivity index (χ0) is 12.5. The average molecular weight is 256 g/mol. The zero-order valence-electron chi connectivity index (χ0n) is 10.9. The van der Waals surface area contributed by atoms with Gasteiger partial charge in [0.15, 0.2) is 5.13 Å². The molecule has 0 amide bonds. The number of thiazole rings is 1. The molecule has 0 fully saturated rings. The maximum absolute atomic E-state index is 5.51. The lowest BCUT2D eigenvalue weighted by Crippen LogP contribution is -2.24. The number of unbranched alkanes of at least 4 members (excludes halogenated alkanes) is 1. The fourth-order valence-electron chi connectivity index (χ4n) is 1.68. The van der Waals surface area contributed by atoms with E-state index in [1.165, 1.54) is 19.4 Å². The van der Waals surface area contributed by atoms with Crippen LogP contribution in [0.25, 0.3) is 0 Å². The maximum atomic E-state index is 5.51. The van der Waals surface area contributed by atoms with Crippen LogP contribution in [0.5, 0.6) is 0 Å². The van der Waals surface area contributed by atoms with Gasteiger partial charge in [-0.3, -0.25) is 0 Å². The lowest BCUT2D eigenvalue weighted by atomic mass is 10.3. The molecule has 1 heterocycles. The Bertz CT molecular complexity index is 296. The van der Waals surface area contributed by atoms with Gasteiger partial charge in [0, 0.05) is 18.5 Å². The van der Waals surface area contributed by atoms with E-state index < -0.39 is 0 Å². The second kappa shape index (κ2) is 8.44. The van der Waals surface area contributed by atoms with Crippen molar-refractivity contribution in [3.05, 3.63) is 11.1 Å². The van der Waals surface area contributed by atoms with Crippen LogP contribution in [0.4, 0.5) is 5.13 Å². The molecule has 0 radical (unpaired) electrons. The first-order chi connectivity index (χ1) is 8.30. The van der Waals surface area contributed by atoms with Crippen molar-refractivity contribution in [1.29, 1.82) is 0 Å². The summed E-state index contributed by atoms with van der Waals surface area (Å²) < 4.78 is 0. The van der Waals surface area contributed by atoms with E-state index >= 15 is 0 Å². The van der Waals surface area contributed by atoms with Gasteiger partial charge in [-0.1, -0.05) is 13.8 Å². The smallest absolute Gasteiger partial charge is 0.182 e. The Morgan fingerprint density at radius 2 is 2.12 bits per heavy atom. The van der Waals surface area contributed by atoms with Crippen LogP contribution in [-0.4, -0.2) is 36.1 Å². The monoisotopic (exact) mass is 256 g/mol. The molecular weight excluding hydrogens is 232 g/mol. The van der Waals surface area contributed by atoms with E-state index in [1.54, 1.807) is 11.3 Å². The van der Waals surface area contributed by atoms with Gasteiger partial charge in [-0.05, 0) is 32.5 Å². The number of aromatic nitrogens is 1. The minimum Gasteiger partial charge on any atom is -0.362 e. The van der Waals surface area contributed by atoms with Gasteiger partial charge in [0.05, 0.1) is 5.69 Å². The highest BCUT2D eigenvalue weighted by molar-refractivity contribution is 7.13. The first-order valence-electron chi connectivity index (χ1n) is 6.40. The van der Waals surface area contributed by atoms with Crippen molar-refractivity contribution in [2.75, 3.05) is 31.5 Å². The normalized spacial score (nSPS) is 11.1. The minimum atomic E-state index is 0.528. The topological polar surface area (TPSA) is 54.2 Å². The third-order valence-corrected chi connectivity index (χ3v) is 3.68. The molecule has 0 spiro atoms. The zero-order valence-corrected chi connectivity index (χ0v) is 11.7. The lowest BCUT2D eigenvalue weighted by molar-refractivity contribution is 0.298. The molecule has 0 aromatic carbocycles. The first kappa shape index (κ1) is 14.4. The van der Waals surface area contributed by atoms with E-state index in [0.717, 1.165) is 30.5 Å². The van der Waals surface area contributed by atoms with Gasteiger partial charge in [0.25, 0.3) is 0 Å². The number of rotatable bonds is 9. The second-order valence-electron chi connectivity index (χ2n) is 4.01. The van der Waals surface area contributed by atoms with E-state index in [0.29, 0.717) is 6.54 Å². The molecular formula is C12H24N4S. The molecule has 0 aliphatic heterocycles. The summed E-state index contributed by atoms with van der Waals surface area (Å²) in [5, 5.41) is 6.35. The van der Waals surface area contributed by atoms with Crippen molar-refractivity contribution in [1.82, 2.24) is 9.88 Å². The number of nitrogens with zero attached hydrogens (tertiary/aromatic N) is 2. The van der Waals surface area contributed by atoms with E-state index in [-0.39, 0.29) is 0 Å². The quantitative estimate of drug-likeness (QED) is 0.665. The van der Waals surface area contributed by atoms with Crippen molar-refractivity contribution in [3.8, 4) is 0 Å². The van der Waals surface area contributed by atoms with Crippen LogP contribution in [0, 0.1) is 0 Å². The number of hydrogen-bond donors (Lipinski definition) is 2. The van der Waals surface area contributed by atoms with E-state index in [4.69, 9.17) is 5.73 Å². The molecule has 0 saturated heterocycles. The molecule has 0 bridgehead atoms. The summed E-state index contributed by atoms with van der Waals surface area (Å²) in [6.45, 7) is 9.45. The molecule has 0 saturated carbocycles. The minimum absolute atomic E-state index is 0.528. The third-order valence-electron chi connectivity index (χ3n) is 2.83. The van der Waals surface area contributed by atoms with Crippen LogP contribution >= 0.6 is 11.3 Å². The summed E-state index contributed by atoms with van der Waals surface area (Å²) in [7, 11) is 0. The summed E-state index contributed by atoms with van der Waals surface area (Å²) >= 11 is 1.63. The van der Waals surface area contributed by atoms with Crippen LogP contribution in [0.2, 0.25) is 0 Å². The highest BCUT2D eigenvalue weighted by Gasteiger charge is 2.00. The average Bonchev–Trinajstić information content (AvgIpc) is 2.82. The first-order valence-corrected chi connectivity index (χ1v) is 7.28. The van der Waals surface area contributed by atoms with Gasteiger partial charge in [-0.15, -0.1) is 11.3 Å². The summed E-state index contributed by atoms with van der Waals surface area (Å²) in [5.41, 5.74) is 6.49. The predicted molar refractivity (Wildman–Crippen MR) is 75.5 cm³/mol. The lowest BCUT2D eigenvalue weighted by Gasteiger charge is -2.17. The maximum Gasteiger partial charge on any atom is 0.182 e. The molecule has 4 nitrogen and oxygen atoms in total. The van der Waals surface area contributed by atoms with Crippen LogP contribution in [0.15, 0.2) is 5.38 Å². The second-order valence-corrected chi connectivity index (χ2v) is 4.87. The summed E-state index contributed by atoms with van der Waals surface area (Å²) in [6.07, 6.45) is 2.43. The Kier molecular flexibility index (Phi) is 7.16. The van der Waals surface area contributed by atoms with Crippen LogP contribution in [0.3, 0.4) is 0 Å². The number of hydrogen-bond acceptors (Lipinski definition) is 5. The van der Waals surface area contributed by atoms with Gasteiger partial charge in [-0.2, -0.15) is 0 Å². The Hall–Kier alpha value is -0.650. The Labute approximate surface area is 108 Å². The molecule has 17 heavy (non-hydrogen) atoms. The predicted octanol–water partition coefficient (Wildman–Crippen LogP) is 2.14. The largest absolute Gasteiger partial charge is 0.362 e. The molecule has 0 aliphatic rings. The van der Waals surface area contributed by atoms with Gasteiger partial charge in [0.1, 0.15) is 0 Å². The van der Waals surface area contributed by atoms with E-state index in [2.05, 4.69) is 29.0 Å². The Balaban J connectivity index is 2.07. The molecule has 1 aromatic rings. The van der Waals surface area contributed by atoms with Gasteiger partial charge < -0.3 is 16.0 Å². The standard InChI is InChI=1S/C12H24N4S/c1-3-16(4-2)8-6-5-7-14-12-15-11(9-13)10-17-12/h10H,3-9,13H2,1-2H3,(H,14,15). The molecule has 3 N–H and O–H groups in total. The van der Waals surface area contributed by atoms with Gasteiger partial charge in [-0.25, -0.2) is 4.98 Å². The van der Waals surface area contributed by atoms with Crippen molar-refractivity contribution < 1.29 is 0 Å².